The summed E-state index contributed by atoms with van der Waals surface area (Å²) >= 11 is 4.33. The molecule has 1 aromatic heterocycles. The summed E-state index contributed by atoms with van der Waals surface area (Å²) in [6.07, 6.45) is 9.05. The molecule has 2 aliphatic carbocycles. The molecule has 0 bridgehead atoms. The molecule has 1 aromatic rings. The number of alkyl halides is 1. The number of rotatable bonds is 9. The predicted molar refractivity (Wildman–Crippen MR) is 161 cm³/mol. The van der Waals surface area contributed by atoms with Crippen LogP contribution >= 0.6 is 12.6 Å². The van der Waals surface area contributed by atoms with Crippen molar-refractivity contribution in [3.8, 4) is 12.1 Å². The van der Waals surface area contributed by atoms with Crippen LogP contribution < -0.4 is 9.64 Å². The Morgan fingerprint density at radius 1 is 1.29 bits per heavy atom. The van der Waals surface area contributed by atoms with Gasteiger partial charge in [-0.25, -0.2) is 4.39 Å². The van der Waals surface area contributed by atoms with Crippen LogP contribution in [0.25, 0.3) is 0 Å². The molecule has 4 atom stereocenters. The molecule has 11 heteroatoms. The lowest BCUT2D eigenvalue weighted by atomic mass is 9.80. The maximum absolute atomic E-state index is 14.5. The summed E-state index contributed by atoms with van der Waals surface area (Å²) in [7, 11) is 2.07. The molecule has 5 rings (SSSR count). The Hall–Kier alpha value is -3.23. The van der Waals surface area contributed by atoms with E-state index in [1.165, 1.54) is 12.5 Å². The topological polar surface area (TPSA) is 103 Å². The summed E-state index contributed by atoms with van der Waals surface area (Å²) in [6.45, 7) is 6.33. The number of Topliss-reactive ketones (excluding diaryl/α,β-unsaturated/α-hetero) is 1. The minimum atomic E-state index is -1.19. The molecular weight excluding hydrogens is 555 g/mol. The van der Waals surface area contributed by atoms with E-state index in [1.54, 1.807) is 11.0 Å². The van der Waals surface area contributed by atoms with Crippen molar-refractivity contribution in [3.05, 3.63) is 53.6 Å². The second-order valence-corrected chi connectivity index (χ2v) is 11.7. The number of anilines is 1. The number of likely N-dealkylation sites (tertiary alicyclic amines) is 1. The number of carbonyl (C=O) groups excluding carboxylic acids is 2. The zero-order valence-corrected chi connectivity index (χ0v) is 24.9. The number of thiol groups is 1. The van der Waals surface area contributed by atoms with Crippen LogP contribution in [0.1, 0.15) is 48.2 Å². The summed E-state index contributed by atoms with van der Waals surface area (Å²) in [5, 5.41) is 9.47. The Balaban J connectivity index is 1.46. The Labute approximate surface area is 252 Å². The number of nitriles is 1. The van der Waals surface area contributed by atoms with Gasteiger partial charge >= 0.3 is 6.01 Å². The second kappa shape index (κ2) is 13.4. The quantitative estimate of drug-likeness (QED) is 0.343. The summed E-state index contributed by atoms with van der Waals surface area (Å²) < 4.78 is 20.7. The van der Waals surface area contributed by atoms with Crippen LogP contribution in [0.2, 0.25) is 0 Å². The van der Waals surface area contributed by atoms with E-state index in [0.717, 1.165) is 30.5 Å². The van der Waals surface area contributed by atoms with Gasteiger partial charge in [-0.1, -0.05) is 18.7 Å². The Kier molecular flexibility index (Phi) is 9.63. The van der Waals surface area contributed by atoms with E-state index in [-0.39, 0.29) is 42.1 Å². The number of ether oxygens (including phenoxy) is 1. The van der Waals surface area contributed by atoms with Crippen LogP contribution in [-0.2, 0) is 11.2 Å². The van der Waals surface area contributed by atoms with Gasteiger partial charge in [-0.3, -0.25) is 9.59 Å². The number of hydrogen-bond acceptors (Lipinski definition) is 9. The second-order valence-electron chi connectivity index (χ2n) is 11.4. The molecule has 2 fully saturated rings. The van der Waals surface area contributed by atoms with E-state index in [4.69, 9.17) is 9.72 Å². The minimum Gasteiger partial charge on any atom is -0.462 e. The zero-order valence-electron chi connectivity index (χ0n) is 24.0. The number of hydrogen-bond donors (Lipinski definition) is 1. The fraction of sp³-hybridized carbons (Fsp3) is 0.548. The molecule has 223 valence electrons. The number of halogens is 1. The number of amides is 1. The lowest BCUT2D eigenvalue weighted by Crippen LogP contribution is -2.55. The van der Waals surface area contributed by atoms with Gasteiger partial charge in [0, 0.05) is 49.3 Å². The van der Waals surface area contributed by atoms with Crippen molar-refractivity contribution >= 4 is 30.1 Å². The number of likely N-dealkylation sites (N-methyl/N-ethyl adjacent to an activating group) is 1. The van der Waals surface area contributed by atoms with Gasteiger partial charge in [-0.2, -0.15) is 27.9 Å². The van der Waals surface area contributed by atoms with E-state index in [9.17, 15) is 19.2 Å². The average Bonchev–Trinajstić information content (AvgIpc) is 3.41. The smallest absolute Gasteiger partial charge is 0.319 e. The van der Waals surface area contributed by atoms with Crippen molar-refractivity contribution in [1.82, 2.24) is 19.8 Å². The van der Waals surface area contributed by atoms with Crippen LogP contribution in [0.15, 0.2) is 36.0 Å². The third-order valence-corrected chi connectivity index (χ3v) is 9.26. The van der Waals surface area contributed by atoms with E-state index in [2.05, 4.69) is 42.2 Å². The highest BCUT2D eigenvalue weighted by atomic mass is 32.1. The fourth-order valence-corrected chi connectivity index (χ4v) is 6.85. The predicted octanol–water partition coefficient (Wildman–Crippen LogP) is 3.54. The van der Waals surface area contributed by atoms with Crippen LogP contribution in [0.4, 0.5) is 10.2 Å². The molecule has 0 aromatic carbocycles. The van der Waals surface area contributed by atoms with Crippen LogP contribution in [-0.4, -0.2) is 95.3 Å². The average molecular weight is 594 g/mol. The number of aromatic nitrogens is 2. The number of ketones is 1. The first kappa shape index (κ1) is 30.2. The third-order valence-electron chi connectivity index (χ3n) is 8.91. The highest BCUT2D eigenvalue weighted by Gasteiger charge is 2.37. The van der Waals surface area contributed by atoms with Crippen molar-refractivity contribution < 1.29 is 18.7 Å². The highest BCUT2D eigenvalue weighted by Crippen LogP contribution is 2.37. The van der Waals surface area contributed by atoms with Gasteiger partial charge in [0.25, 0.3) is 0 Å². The third kappa shape index (κ3) is 6.25. The molecule has 0 spiro atoms. The van der Waals surface area contributed by atoms with E-state index >= 15 is 0 Å². The Morgan fingerprint density at radius 3 is 2.83 bits per heavy atom. The highest BCUT2D eigenvalue weighted by molar-refractivity contribution is 7.80. The van der Waals surface area contributed by atoms with Crippen LogP contribution in [0.3, 0.4) is 0 Å². The molecule has 0 N–H and O–H groups in total. The molecule has 42 heavy (non-hydrogen) atoms. The monoisotopic (exact) mass is 593 g/mol. The van der Waals surface area contributed by atoms with Crippen molar-refractivity contribution in [2.24, 2.45) is 5.92 Å². The van der Waals surface area contributed by atoms with Gasteiger partial charge < -0.3 is 19.4 Å². The molecule has 1 amide bonds. The van der Waals surface area contributed by atoms with Gasteiger partial charge in [-0.05, 0) is 62.9 Å². The minimum absolute atomic E-state index is 0.0962. The zero-order chi connectivity index (χ0) is 29.8. The lowest BCUT2D eigenvalue weighted by molar-refractivity contribution is -0.128. The van der Waals surface area contributed by atoms with E-state index in [1.807, 2.05) is 11.0 Å². The Bertz CT molecular complexity index is 1330. The standard InChI is InChI=1S/C31H38FN6O3S/c1-3-27(39)38-15-14-37(17-22(38)11-12-33)30-24-10-9-21(16-20-6-4-8-26(32)25(20)19-42)29(40)28(24)34-31(35-30)41-18-23-7-5-13-36(23)2/h3-4,6,8,21-23,26,42H,1,5,7,9-11,13-19H2,2H3/t21-,22?,23?,26?/m0/s1. The molecule has 2 aliphatic heterocycles. The molecule has 0 saturated carbocycles. The van der Waals surface area contributed by atoms with Crippen molar-refractivity contribution in [2.45, 2.75) is 56.8 Å². The number of nitrogens with zero attached hydrogens (tertiary/aromatic N) is 6. The molecular formula is C31H38FN6O3S. The first-order valence-corrected chi connectivity index (χ1v) is 15.3. The van der Waals surface area contributed by atoms with Gasteiger partial charge in [0.05, 0.1) is 18.5 Å². The fourth-order valence-electron chi connectivity index (χ4n) is 6.47. The number of piperazine rings is 1. The summed E-state index contributed by atoms with van der Waals surface area (Å²) in [6, 6.07) is 2.27. The van der Waals surface area contributed by atoms with Gasteiger partial charge in [0.2, 0.25) is 5.91 Å². The molecule has 2 saturated heterocycles. The maximum atomic E-state index is 14.5. The van der Waals surface area contributed by atoms with Crippen LogP contribution in [0.5, 0.6) is 6.01 Å². The molecule has 9 nitrogen and oxygen atoms in total. The van der Waals surface area contributed by atoms with Crippen molar-refractivity contribution in [2.75, 3.05) is 50.5 Å². The first-order valence-electron chi connectivity index (χ1n) is 14.7. The number of fused-ring (bicyclic) bond motifs is 1. The molecule has 1 radical (unpaired) electrons. The van der Waals surface area contributed by atoms with Gasteiger partial charge in [-0.15, -0.1) is 0 Å². The number of allylic oxidation sites excluding steroid dienone is 3. The lowest BCUT2D eigenvalue weighted by Gasteiger charge is -2.41. The Morgan fingerprint density at radius 2 is 2.12 bits per heavy atom. The van der Waals surface area contributed by atoms with Gasteiger partial charge in [0.15, 0.2) is 5.78 Å². The summed E-state index contributed by atoms with van der Waals surface area (Å²) in [5.41, 5.74) is 2.53. The van der Waals surface area contributed by atoms with Gasteiger partial charge in [0.1, 0.15) is 24.3 Å². The molecule has 4 aliphatic rings. The molecule has 3 unspecified atom stereocenters. The maximum Gasteiger partial charge on any atom is 0.319 e. The van der Waals surface area contributed by atoms with Crippen molar-refractivity contribution in [1.29, 1.82) is 5.26 Å². The first-order chi connectivity index (χ1) is 20.3. The SMILES string of the molecule is C=CC(=O)N1CCN(c2nc(OCC3CCCN3C)nc3c2CC[C@@H](CC2=C(CS)C(F)[CH]C=C2)C3=O)CC1CC#N. The van der Waals surface area contributed by atoms with E-state index in [0.29, 0.717) is 68.3 Å². The summed E-state index contributed by atoms with van der Waals surface area (Å²) in [5.74, 6) is 0.269. The number of carbonyl (C=O) groups is 2. The largest absolute Gasteiger partial charge is 0.462 e. The van der Waals surface area contributed by atoms with Crippen LogP contribution in [0, 0.1) is 23.7 Å². The van der Waals surface area contributed by atoms with Crippen molar-refractivity contribution in [3.63, 3.8) is 0 Å². The molecule has 3 heterocycles. The van der Waals surface area contributed by atoms with E-state index < -0.39 is 6.17 Å². The summed E-state index contributed by atoms with van der Waals surface area (Å²) in [4.78, 5) is 41.9. The normalized spacial score (nSPS) is 26.3.